The Kier molecular flexibility index (Phi) is 5.41. The molecule has 0 atom stereocenters. The monoisotopic (exact) mass is 352 g/mol. The zero-order valence-corrected chi connectivity index (χ0v) is 14.3. The summed E-state index contributed by atoms with van der Waals surface area (Å²) in [7, 11) is -3.75. The Hall–Kier alpha value is -1.89. The summed E-state index contributed by atoms with van der Waals surface area (Å²) in [4.78, 5) is 12.0. The number of anilines is 1. The Morgan fingerprint density at radius 3 is 2.17 bits per heavy atom. The summed E-state index contributed by atoms with van der Waals surface area (Å²) in [6, 6.07) is 11.3. The molecule has 0 fully saturated rings. The summed E-state index contributed by atoms with van der Waals surface area (Å²) >= 11 is 5.73. The number of rotatable bonds is 5. The maximum Gasteiger partial charge on any atom is 0.241 e. The first-order valence-corrected chi connectivity index (χ1v) is 8.76. The molecule has 0 heterocycles. The lowest BCUT2D eigenvalue weighted by Crippen LogP contribution is -2.32. The molecular formula is C16H17ClN2O3S. The van der Waals surface area contributed by atoms with Gasteiger partial charge in [0.1, 0.15) is 0 Å². The Morgan fingerprint density at radius 1 is 1.04 bits per heavy atom. The van der Waals surface area contributed by atoms with Crippen LogP contribution in [0.25, 0.3) is 0 Å². The van der Waals surface area contributed by atoms with Crippen LogP contribution in [-0.2, 0) is 14.8 Å². The van der Waals surface area contributed by atoms with E-state index in [2.05, 4.69) is 10.0 Å². The van der Waals surface area contributed by atoms with Gasteiger partial charge in [0.15, 0.2) is 0 Å². The Bertz CT molecular complexity index is 797. The molecule has 1 amide bonds. The highest BCUT2D eigenvalue weighted by Crippen LogP contribution is 2.15. The van der Waals surface area contributed by atoms with E-state index >= 15 is 0 Å². The second-order valence-electron chi connectivity index (χ2n) is 5.20. The third-order valence-corrected chi connectivity index (χ3v) is 4.72. The second-order valence-corrected chi connectivity index (χ2v) is 7.41. The highest BCUT2D eigenvalue weighted by molar-refractivity contribution is 7.89. The van der Waals surface area contributed by atoms with Gasteiger partial charge in [0, 0.05) is 10.7 Å². The molecule has 0 radical (unpaired) electrons. The molecule has 0 saturated carbocycles. The summed E-state index contributed by atoms with van der Waals surface area (Å²) in [5.41, 5.74) is 2.67. The van der Waals surface area contributed by atoms with Crippen molar-refractivity contribution in [1.29, 1.82) is 0 Å². The molecule has 122 valence electrons. The quantitative estimate of drug-likeness (QED) is 0.868. The average Bonchev–Trinajstić information content (AvgIpc) is 2.44. The minimum Gasteiger partial charge on any atom is -0.325 e. The molecule has 0 spiro atoms. The third kappa shape index (κ3) is 5.06. The van der Waals surface area contributed by atoms with Crippen molar-refractivity contribution in [2.45, 2.75) is 18.7 Å². The fraction of sp³-hybridized carbons (Fsp3) is 0.188. The molecule has 0 aromatic heterocycles. The lowest BCUT2D eigenvalue weighted by Gasteiger charge is -2.09. The zero-order valence-electron chi connectivity index (χ0n) is 12.8. The van der Waals surface area contributed by atoms with Crippen LogP contribution in [0.5, 0.6) is 0 Å². The average molecular weight is 353 g/mol. The van der Waals surface area contributed by atoms with E-state index in [1.165, 1.54) is 24.3 Å². The van der Waals surface area contributed by atoms with E-state index in [1.54, 1.807) is 0 Å². The van der Waals surface area contributed by atoms with E-state index in [4.69, 9.17) is 11.6 Å². The molecule has 0 aliphatic rings. The van der Waals surface area contributed by atoms with Gasteiger partial charge in [0.05, 0.1) is 11.4 Å². The maximum atomic E-state index is 12.1. The van der Waals surface area contributed by atoms with E-state index < -0.39 is 15.9 Å². The Balaban J connectivity index is 1.99. The van der Waals surface area contributed by atoms with Crippen LogP contribution in [0.1, 0.15) is 11.1 Å². The molecule has 7 heteroatoms. The fourth-order valence-corrected chi connectivity index (χ4v) is 3.22. The van der Waals surface area contributed by atoms with Crippen molar-refractivity contribution in [3.8, 4) is 0 Å². The largest absolute Gasteiger partial charge is 0.325 e. The standard InChI is InChI=1S/C16H17ClN2O3S/c1-11-7-12(2)9-14(8-11)19-16(20)10-18-23(21,22)15-5-3-13(17)4-6-15/h3-9,18H,10H2,1-2H3,(H,19,20). The van der Waals surface area contributed by atoms with Crippen LogP contribution in [0.15, 0.2) is 47.4 Å². The number of hydrogen-bond acceptors (Lipinski definition) is 3. The highest BCUT2D eigenvalue weighted by Gasteiger charge is 2.15. The molecule has 0 unspecified atom stereocenters. The van der Waals surface area contributed by atoms with E-state index in [-0.39, 0.29) is 11.4 Å². The second kappa shape index (κ2) is 7.12. The van der Waals surface area contributed by atoms with Crippen molar-refractivity contribution in [1.82, 2.24) is 4.72 Å². The predicted octanol–water partition coefficient (Wildman–Crippen LogP) is 2.87. The summed E-state index contributed by atoms with van der Waals surface area (Å²) in [6.07, 6.45) is 0. The molecule has 2 rings (SSSR count). The fourth-order valence-electron chi connectivity index (χ4n) is 2.11. The SMILES string of the molecule is Cc1cc(C)cc(NC(=O)CNS(=O)(=O)c2ccc(Cl)cc2)c1. The number of aryl methyl sites for hydroxylation is 2. The summed E-state index contributed by atoms with van der Waals surface area (Å²) in [5.74, 6) is -0.437. The van der Waals surface area contributed by atoms with Crippen LogP contribution >= 0.6 is 11.6 Å². The Labute approximate surface area is 140 Å². The first kappa shape index (κ1) is 17.5. The number of amides is 1. The summed E-state index contributed by atoms with van der Waals surface area (Å²) < 4.78 is 26.4. The normalized spacial score (nSPS) is 11.3. The number of sulfonamides is 1. The number of halogens is 1. The molecule has 0 bridgehead atoms. The van der Waals surface area contributed by atoms with Gasteiger partial charge in [-0.15, -0.1) is 0 Å². The van der Waals surface area contributed by atoms with Crippen LogP contribution < -0.4 is 10.0 Å². The lowest BCUT2D eigenvalue weighted by molar-refractivity contribution is -0.115. The van der Waals surface area contributed by atoms with Gasteiger partial charge in [0.2, 0.25) is 15.9 Å². The number of carbonyl (C=O) groups is 1. The maximum absolute atomic E-state index is 12.1. The molecule has 0 aliphatic carbocycles. The molecule has 23 heavy (non-hydrogen) atoms. The van der Waals surface area contributed by atoms with Crippen LogP contribution in [0, 0.1) is 13.8 Å². The minimum atomic E-state index is -3.75. The molecule has 0 saturated heterocycles. The van der Waals surface area contributed by atoms with E-state index in [9.17, 15) is 13.2 Å². The van der Waals surface area contributed by atoms with Crippen molar-refractivity contribution < 1.29 is 13.2 Å². The predicted molar refractivity (Wildman–Crippen MR) is 91.2 cm³/mol. The molecular weight excluding hydrogens is 336 g/mol. The highest BCUT2D eigenvalue weighted by atomic mass is 35.5. The van der Waals surface area contributed by atoms with E-state index in [0.29, 0.717) is 10.7 Å². The number of nitrogens with one attached hydrogen (secondary N) is 2. The lowest BCUT2D eigenvalue weighted by atomic mass is 10.1. The van der Waals surface area contributed by atoms with Crippen LogP contribution in [0.4, 0.5) is 5.69 Å². The van der Waals surface area contributed by atoms with Gasteiger partial charge in [-0.25, -0.2) is 13.1 Å². The van der Waals surface area contributed by atoms with Gasteiger partial charge in [-0.1, -0.05) is 17.7 Å². The smallest absolute Gasteiger partial charge is 0.241 e. The van der Waals surface area contributed by atoms with Crippen LogP contribution in [0.2, 0.25) is 5.02 Å². The van der Waals surface area contributed by atoms with E-state index in [0.717, 1.165) is 11.1 Å². The number of hydrogen-bond donors (Lipinski definition) is 2. The van der Waals surface area contributed by atoms with Crippen LogP contribution in [-0.4, -0.2) is 20.9 Å². The third-order valence-electron chi connectivity index (χ3n) is 3.05. The van der Waals surface area contributed by atoms with Gasteiger partial charge in [0.25, 0.3) is 0 Å². The molecule has 2 N–H and O–H groups in total. The molecule has 5 nitrogen and oxygen atoms in total. The van der Waals surface area contributed by atoms with Gasteiger partial charge < -0.3 is 5.32 Å². The molecule has 0 aliphatic heterocycles. The van der Waals surface area contributed by atoms with Gasteiger partial charge in [-0.3, -0.25) is 4.79 Å². The molecule has 2 aromatic rings. The van der Waals surface area contributed by atoms with Crippen molar-refractivity contribution in [2.75, 3.05) is 11.9 Å². The van der Waals surface area contributed by atoms with Gasteiger partial charge >= 0.3 is 0 Å². The number of carbonyl (C=O) groups excluding carboxylic acids is 1. The van der Waals surface area contributed by atoms with E-state index in [1.807, 2.05) is 32.0 Å². The van der Waals surface area contributed by atoms with Crippen molar-refractivity contribution in [2.24, 2.45) is 0 Å². The summed E-state index contributed by atoms with van der Waals surface area (Å²) in [6.45, 7) is 3.50. The van der Waals surface area contributed by atoms with Crippen LogP contribution in [0.3, 0.4) is 0 Å². The first-order valence-electron chi connectivity index (χ1n) is 6.90. The van der Waals surface area contributed by atoms with Crippen molar-refractivity contribution in [3.05, 3.63) is 58.6 Å². The number of benzene rings is 2. The minimum absolute atomic E-state index is 0.0566. The van der Waals surface area contributed by atoms with Crippen molar-refractivity contribution >= 4 is 33.2 Å². The first-order chi connectivity index (χ1) is 10.8. The topological polar surface area (TPSA) is 75.3 Å². The molecule has 2 aromatic carbocycles. The Morgan fingerprint density at radius 2 is 1.61 bits per heavy atom. The van der Waals surface area contributed by atoms with Crippen molar-refractivity contribution in [3.63, 3.8) is 0 Å². The van der Waals surface area contributed by atoms with Gasteiger partial charge in [-0.05, 0) is 61.4 Å². The summed E-state index contributed by atoms with van der Waals surface area (Å²) in [5, 5.41) is 3.11. The van der Waals surface area contributed by atoms with Gasteiger partial charge in [-0.2, -0.15) is 0 Å². The zero-order chi connectivity index (χ0) is 17.0.